The summed E-state index contributed by atoms with van der Waals surface area (Å²) >= 11 is 0. The number of pyridine rings is 1. The Hall–Kier alpha value is -2.18. The number of anilines is 1. The molecule has 0 aliphatic heterocycles. The summed E-state index contributed by atoms with van der Waals surface area (Å²) in [6.45, 7) is 2.53. The van der Waals surface area contributed by atoms with Crippen LogP contribution in [-0.2, 0) is 0 Å². The molecule has 0 aliphatic rings. The summed E-state index contributed by atoms with van der Waals surface area (Å²) in [7, 11) is 0. The van der Waals surface area contributed by atoms with Crippen LogP contribution in [0.4, 0.5) is 11.5 Å². The van der Waals surface area contributed by atoms with Crippen molar-refractivity contribution in [3.05, 3.63) is 27.9 Å². The van der Waals surface area contributed by atoms with Gasteiger partial charge in [-0.05, 0) is 22.4 Å². The van der Waals surface area contributed by atoms with E-state index in [0.29, 0.717) is 6.54 Å². The Morgan fingerprint density at radius 2 is 2.28 bits per heavy atom. The van der Waals surface area contributed by atoms with Gasteiger partial charge < -0.3 is 21.2 Å². The number of nitro groups is 1. The molecule has 1 heterocycles. The number of nitrogens with two attached hydrogens (primary N) is 1. The van der Waals surface area contributed by atoms with Crippen molar-refractivity contribution in [2.24, 2.45) is 0 Å². The van der Waals surface area contributed by atoms with Crippen molar-refractivity contribution in [1.82, 2.24) is 10.3 Å². The number of carbonyl (C=O) groups is 1. The molecule has 7 nitrogen and oxygen atoms in total. The molecule has 0 unspecified atom stereocenters. The van der Waals surface area contributed by atoms with Crippen LogP contribution >= 0.6 is 0 Å². The Morgan fingerprint density at radius 1 is 1.56 bits per heavy atom. The van der Waals surface area contributed by atoms with E-state index in [1.54, 1.807) is 0 Å². The molecule has 1 rings (SSSR count). The Bertz CT molecular complexity index is 448. The molecule has 0 saturated heterocycles. The molecule has 1 aromatic heterocycles. The minimum atomic E-state index is -0.694. The summed E-state index contributed by atoms with van der Waals surface area (Å²) < 4.78 is 0. The van der Waals surface area contributed by atoms with Crippen molar-refractivity contribution >= 4 is 17.4 Å². The van der Waals surface area contributed by atoms with E-state index in [0.717, 1.165) is 25.5 Å². The maximum Gasteiger partial charge on any atom is 0.376 e. The second-order valence-electron chi connectivity index (χ2n) is 3.86. The molecule has 0 atom stereocenters. The first-order valence-electron chi connectivity index (χ1n) is 5.74. The number of carbonyl (C=O) groups excluding carboxylic acids is 1. The van der Waals surface area contributed by atoms with Gasteiger partial charge in [0.25, 0.3) is 5.91 Å². The van der Waals surface area contributed by atoms with Crippen LogP contribution in [0.3, 0.4) is 0 Å². The van der Waals surface area contributed by atoms with Crippen molar-refractivity contribution in [2.45, 2.75) is 26.2 Å². The van der Waals surface area contributed by atoms with Gasteiger partial charge in [-0.25, -0.2) is 0 Å². The number of hydrogen-bond donors (Lipinski definition) is 2. The molecule has 0 bridgehead atoms. The summed E-state index contributed by atoms with van der Waals surface area (Å²) in [5, 5.41) is 13.4. The highest BCUT2D eigenvalue weighted by Crippen LogP contribution is 2.17. The van der Waals surface area contributed by atoms with Gasteiger partial charge in [0, 0.05) is 6.54 Å². The van der Waals surface area contributed by atoms with Crippen molar-refractivity contribution < 1.29 is 9.72 Å². The van der Waals surface area contributed by atoms with E-state index in [1.165, 1.54) is 6.07 Å². The number of nitrogens with zero attached hydrogens (tertiary/aromatic N) is 2. The molecular weight excluding hydrogens is 236 g/mol. The van der Waals surface area contributed by atoms with Crippen molar-refractivity contribution in [3.63, 3.8) is 0 Å². The van der Waals surface area contributed by atoms with Crippen LogP contribution in [0.25, 0.3) is 0 Å². The van der Waals surface area contributed by atoms with Gasteiger partial charge >= 0.3 is 5.82 Å². The first-order valence-corrected chi connectivity index (χ1v) is 5.74. The molecular formula is C11H16N4O3. The smallest absolute Gasteiger partial charge is 0.376 e. The molecule has 0 radical (unpaired) electrons. The predicted molar refractivity (Wildman–Crippen MR) is 67.2 cm³/mol. The number of nitrogen functional groups attached to an aromatic ring is 1. The van der Waals surface area contributed by atoms with Crippen LogP contribution in [0.2, 0.25) is 0 Å². The maximum atomic E-state index is 11.8. The Morgan fingerprint density at radius 3 is 2.89 bits per heavy atom. The number of nitrogens with one attached hydrogen (secondary N) is 1. The van der Waals surface area contributed by atoms with Crippen LogP contribution in [0.1, 0.15) is 36.5 Å². The molecule has 0 spiro atoms. The van der Waals surface area contributed by atoms with E-state index in [2.05, 4.69) is 17.2 Å². The Balaban J connectivity index is 2.77. The number of amides is 1. The van der Waals surface area contributed by atoms with Gasteiger partial charge in [0.05, 0.1) is 5.69 Å². The largest absolute Gasteiger partial charge is 0.396 e. The van der Waals surface area contributed by atoms with Gasteiger partial charge in [-0.3, -0.25) is 4.79 Å². The van der Waals surface area contributed by atoms with E-state index in [1.807, 2.05) is 0 Å². The van der Waals surface area contributed by atoms with E-state index >= 15 is 0 Å². The average molecular weight is 252 g/mol. The van der Waals surface area contributed by atoms with Crippen LogP contribution in [-0.4, -0.2) is 22.4 Å². The highest BCUT2D eigenvalue weighted by Gasteiger charge is 2.21. The van der Waals surface area contributed by atoms with Crippen molar-refractivity contribution in [1.29, 1.82) is 0 Å². The van der Waals surface area contributed by atoms with Gasteiger partial charge in [0.2, 0.25) is 0 Å². The van der Waals surface area contributed by atoms with E-state index in [9.17, 15) is 14.9 Å². The fraction of sp³-hybridized carbons (Fsp3) is 0.455. The fourth-order valence-electron chi connectivity index (χ4n) is 1.46. The van der Waals surface area contributed by atoms with E-state index in [4.69, 9.17) is 5.73 Å². The summed E-state index contributed by atoms with van der Waals surface area (Å²) in [5.74, 6) is -0.991. The number of rotatable bonds is 6. The van der Waals surface area contributed by atoms with Crippen LogP contribution < -0.4 is 11.1 Å². The number of hydrogen-bond acceptors (Lipinski definition) is 5. The highest BCUT2D eigenvalue weighted by atomic mass is 16.6. The minimum Gasteiger partial charge on any atom is -0.396 e. The molecule has 98 valence electrons. The summed E-state index contributed by atoms with van der Waals surface area (Å²) in [5.41, 5.74) is 5.60. The maximum absolute atomic E-state index is 11.8. The fourth-order valence-corrected chi connectivity index (χ4v) is 1.46. The third-order valence-electron chi connectivity index (χ3n) is 2.37. The average Bonchev–Trinajstić information content (AvgIpc) is 2.34. The second-order valence-corrected chi connectivity index (χ2v) is 3.86. The van der Waals surface area contributed by atoms with Gasteiger partial charge in [0.1, 0.15) is 5.56 Å². The number of aromatic nitrogens is 1. The van der Waals surface area contributed by atoms with Gasteiger partial charge in [0.15, 0.2) is 6.20 Å². The molecule has 0 aliphatic carbocycles. The van der Waals surface area contributed by atoms with E-state index in [-0.39, 0.29) is 11.3 Å². The normalized spacial score (nSPS) is 10.1. The zero-order valence-electron chi connectivity index (χ0n) is 10.2. The Kier molecular flexibility index (Phi) is 5.04. The standard InChI is InChI=1S/C11H16N4O3/c1-2-3-4-5-13-11(16)9-6-8(12)7-14-10(9)15(17)18/h6-7H,2-5,12H2,1H3,(H,13,16). The molecule has 7 heteroatoms. The van der Waals surface area contributed by atoms with Gasteiger partial charge in [-0.1, -0.05) is 19.8 Å². The molecule has 1 aromatic rings. The van der Waals surface area contributed by atoms with Crippen molar-refractivity contribution in [3.8, 4) is 0 Å². The molecule has 0 saturated carbocycles. The monoisotopic (exact) mass is 252 g/mol. The van der Waals surface area contributed by atoms with Crippen LogP contribution in [0.5, 0.6) is 0 Å². The lowest BCUT2D eigenvalue weighted by molar-refractivity contribution is -0.389. The lowest BCUT2D eigenvalue weighted by atomic mass is 10.2. The summed E-state index contributed by atoms with van der Waals surface area (Å²) in [6, 6.07) is 1.26. The molecule has 0 aromatic carbocycles. The van der Waals surface area contributed by atoms with Crippen molar-refractivity contribution in [2.75, 3.05) is 12.3 Å². The van der Waals surface area contributed by atoms with Crippen LogP contribution in [0, 0.1) is 10.1 Å². The Labute approximate surface area is 105 Å². The first kappa shape index (κ1) is 13.9. The summed E-state index contributed by atoms with van der Waals surface area (Å²) in [6.07, 6.45) is 4.03. The first-order chi connectivity index (χ1) is 8.56. The zero-order chi connectivity index (χ0) is 13.5. The third kappa shape index (κ3) is 3.69. The third-order valence-corrected chi connectivity index (χ3v) is 2.37. The van der Waals surface area contributed by atoms with Gasteiger partial charge in [-0.15, -0.1) is 0 Å². The topological polar surface area (TPSA) is 111 Å². The number of unbranched alkanes of at least 4 members (excludes halogenated alkanes) is 2. The second kappa shape index (κ2) is 6.53. The zero-order valence-corrected chi connectivity index (χ0v) is 10.2. The lowest BCUT2D eigenvalue weighted by Crippen LogP contribution is -2.25. The predicted octanol–water partition coefficient (Wildman–Crippen LogP) is 1.49. The molecule has 1 amide bonds. The minimum absolute atomic E-state index is 0.100. The lowest BCUT2D eigenvalue weighted by Gasteiger charge is -2.05. The quantitative estimate of drug-likeness (QED) is 0.452. The molecule has 0 fully saturated rings. The van der Waals surface area contributed by atoms with Crippen LogP contribution in [0.15, 0.2) is 12.3 Å². The SMILES string of the molecule is CCCCCNC(=O)c1cc(N)cnc1[N+](=O)[O-]. The van der Waals surface area contributed by atoms with Gasteiger partial charge in [-0.2, -0.15) is 0 Å². The highest BCUT2D eigenvalue weighted by molar-refractivity contribution is 5.98. The summed E-state index contributed by atoms with van der Waals surface area (Å²) in [4.78, 5) is 25.4. The molecule has 3 N–H and O–H groups in total. The molecule has 18 heavy (non-hydrogen) atoms. The van der Waals surface area contributed by atoms with E-state index < -0.39 is 16.6 Å².